The van der Waals surface area contributed by atoms with Crippen LogP contribution in [0.5, 0.6) is 0 Å². The SMILES string of the molecule is Clc1cc(-c2ccc(-c3ccccc3)cc2)ccc1-n1c2ccc(-c3ccccc3)cc2c2cc(-c3ccccc3)ccc21. The molecule has 7 aromatic carbocycles. The van der Waals surface area contributed by atoms with E-state index in [4.69, 9.17) is 11.6 Å². The molecule has 0 aliphatic carbocycles. The summed E-state index contributed by atoms with van der Waals surface area (Å²) in [6, 6.07) is 60.2. The van der Waals surface area contributed by atoms with E-state index in [2.05, 4.69) is 168 Å². The van der Waals surface area contributed by atoms with E-state index < -0.39 is 0 Å². The number of aromatic nitrogens is 1. The molecule has 0 spiro atoms. The molecule has 0 saturated carbocycles. The van der Waals surface area contributed by atoms with E-state index in [0.717, 1.165) is 27.8 Å². The molecule has 208 valence electrons. The van der Waals surface area contributed by atoms with Gasteiger partial charge in [0.1, 0.15) is 0 Å². The third kappa shape index (κ3) is 4.68. The summed E-state index contributed by atoms with van der Waals surface area (Å²) in [6.45, 7) is 0. The zero-order chi connectivity index (χ0) is 29.5. The Labute approximate surface area is 262 Å². The molecular formula is C42H28ClN. The Balaban J connectivity index is 1.26. The predicted octanol–water partition coefficient (Wildman–Crippen LogP) is 12.1. The van der Waals surface area contributed by atoms with E-state index in [-0.39, 0.29) is 0 Å². The van der Waals surface area contributed by atoms with Gasteiger partial charge in [-0.2, -0.15) is 0 Å². The summed E-state index contributed by atoms with van der Waals surface area (Å²) in [6.07, 6.45) is 0. The molecule has 0 fully saturated rings. The van der Waals surface area contributed by atoms with Gasteiger partial charge in [-0.15, -0.1) is 0 Å². The van der Waals surface area contributed by atoms with Crippen LogP contribution in [0.25, 0.3) is 72.0 Å². The van der Waals surface area contributed by atoms with Crippen molar-refractivity contribution in [1.82, 2.24) is 4.57 Å². The Morgan fingerprint density at radius 2 is 0.659 bits per heavy atom. The second-order valence-corrected chi connectivity index (χ2v) is 11.5. The first-order valence-corrected chi connectivity index (χ1v) is 15.3. The molecule has 2 heteroatoms. The highest BCUT2D eigenvalue weighted by Gasteiger charge is 2.17. The van der Waals surface area contributed by atoms with Crippen molar-refractivity contribution in [2.45, 2.75) is 0 Å². The van der Waals surface area contributed by atoms with Crippen molar-refractivity contribution < 1.29 is 0 Å². The topological polar surface area (TPSA) is 4.93 Å². The molecule has 0 unspecified atom stereocenters. The van der Waals surface area contributed by atoms with Crippen LogP contribution in [0.15, 0.2) is 170 Å². The van der Waals surface area contributed by atoms with Crippen LogP contribution >= 0.6 is 11.6 Å². The molecule has 0 N–H and O–H groups in total. The van der Waals surface area contributed by atoms with Gasteiger partial charge < -0.3 is 4.57 Å². The van der Waals surface area contributed by atoms with E-state index in [1.807, 2.05) is 6.07 Å². The first-order valence-electron chi connectivity index (χ1n) is 14.9. The molecule has 44 heavy (non-hydrogen) atoms. The van der Waals surface area contributed by atoms with Crippen LogP contribution in [0.3, 0.4) is 0 Å². The largest absolute Gasteiger partial charge is 0.308 e. The molecule has 8 aromatic rings. The highest BCUT2D eigenvalue weighted by molar-refractivity contribution is 6.33. The van der Waals surface area contributed by atoms with Crippen molar-refractivity contribution in [1.29, 1.82) is 0 Å². The fourth-order valence-corrected chi connectivity index (χ4v) is 6.52. The zero-order valence-electron chi connectivity index (χ0n) is 24.0. The molecule has 1 aromatic heterocycles. The Bertz CT molecular complexity index is 2150. The van der Waals surface area contributed by atoms with Gasteiger partial charge in [0.2, 0.25) is 0 Å². The Morgan fingerprint density at radius 1 is 0.318 bits per heavy atom. The van der Waals surface area contributed by atoms with Gasteiger partial charge in [-0.25, -0.2) is 0 Å². The predicted molar refractivity (Wildman–Crippen MR) is 188 cm³/mol. The van der Waals surface area contributed by atoms with E-state index in [0.29, 0.717) is 5.02 Å². The van der Waals surface area contributed by atoms with E-state index in [1.54, 1.807) is 0 Å². The van der Waals surface area contributed by atoms with Gasteiger partial charge >= 0.3 is 0 Å². The number of benzene rings is 7. The lowest BCUT2D eigenvalue weighted by Crippen LogP contribution is -1.95. The minimum absolute atomic E-state index is 0.715. The van der Waals surface area contributed by atoms with E-state index >= 15 is 0 Å². The lowest BCUT2D eigenvalue weighted by Gasteiger charge is -2.13. The Morgan fingerprint density at radius 3 is 1.11 bits per heavy atom. The van der Waals surface area contributed by atoms with Gasteiger partial charge in [-0.1, -0.05) is 145 Å². The number of nitrogens with zero attached hydrogens (tertiary/aromatic N) is 1. The first-order chi connectivity index (χ1) is 21.7. The number of fused-ring (bicyclic) bond motifs is 3. The van der Waals surface area contributed by atoms with Gasteiger partial charge in [-0.05, 0) is 80.9 Å². The van der Waals surface area contributed by atoms with E-state index in [1.165, 1.54) is 44.2 Å². The fourth-order valence-electron chi connectivity index (χ4n) is 6.26. The fraction of sp³-hybridized carbons (Fsp3) is 0. The lowest BCUT2D eigenvalue weighted by atomic mass is 10.00. The van der Waals surface area contributed by atoms with Crippen LogP contribution in [0.4, 0.5) is 0 Å². The van der Waals surface area contributed by atoms with Crippen molar-refractivity contribution in [3.63, 3.8) is 0 Å². The van der Waals surface area contributed by atoms with Crippen LogP contribution < -0.4 is 0 Å². The van der Waals surface area contributed by atoms with Gasteiger partial charge in [-0.3, -0.25) is 0 Å². The standard InChI is InChI=1S/C42H28ClN/c43-39-28-36(33-18-16-32(17-19-33)29-10-4-1-5-11-29)22-25-42(39)44-40-23-20-34(30-12-6-2-7-13-30)26-37(40)38-27-35(21-24-41(38)44)31-14-8-3-9-15-31/h1-28H. The third-order valence-corrected chi connectivity index (χ3v) is 8.80. The normalized spacial score (nSPS) is 11.3. The van der Waals surface area contributed by atoms with Crippen molar-refractivity contribution in [2.75, 3.05) is 0 Å². The molecule has 0 atom stereocenters. The summed E-state index contributed by atoms with van der Waals surface area (Å²) < 4.78 is 2.30. The molecule has 0 aliphatic rings. The maximum atomic E-state index is 7.13. The maximum absolute atomic E-state index is 7.13. The molecule has 1 nitrogen and oxygen atoms in total. The minimum Gasteiger partial charge on any atom is -0.308 e. The van der Waals surface area contributed by atoms with Gasteiger partial charge in [0, 0.05) is 10.8 Å². The summed E-state index contributed by atoms with van der Waals surface area (Å²) in [7, 11) is 0. The van der Waals surface area contributed by atoms with Crippen LogP contribution in [0.1, 0.15) is 0 Å². The average Bonchev–Trinajstić information content (AvgIpc) is 3.42. The molecule has 8 rings (SSSR count). The summed E-state index contributed by atoms with van der Waals surface area (Å²) >= 11 is 7.13. The number of halogens is 1. The van der Waals surface area contributed by atoms with Crippen LogP contribution in [-0.4, -0.2) is 4.57 Å². The van der Waals surface area contributed by atoms with Crippen LogP contribution in [0, 0.1) is 0 Å². The Hall–Kier alpha value is -5.37. The molecule has 1 heterocycles. The summed E-state index contributed by atoms with van der Waals surface area (Å²) in [4.78, 5) is 0. The summed E-state index contributed by atoms with van der Waals surface area (Å²) in [5, 5.41) is 3.12. The maximum Gasteiger partial charge on any atom is 0.0652 e. The molecular weight excluding hydrogens is 554 g/mol. The first kappa shape index (κ1) is 26.3. The van der Waals surface area contributed by atoms with E-state index in [9.17, 15) is 0 Å². The molecule has 0 radical (unpaired) electrons. The highest BCUT2D eigenvalue weighted by Crippen LogP contribution is 2.39. The highest BCUT2D eigenvalue weighted by atomic mass is 35.5. The summed E-state index contributed by atoms with van der Waals surface area (Å²) in [5.41, 5.74) is 12.7. The number of rotatable bonds is 5. The third-order valence-electron chi connectivity index (χ3n) is 8.49. The molecule has 0 bridgehead atoms. The zero-order valence-corrected chi connectivity index (χ0v) is 24.7. The van der Waals surface area contributed by atoms with Gasteiger partial charge in [0.15, 0.2) is 0 Å². The molecule has 0 saturated heterocycles. The van der Waals surface area contributed by atoms with Gasteiger partial charge in [0.25, 0.3) is 0 Å². The quantitative estimate of drug-likeness (QED) is 0.190. The smallest absolute Gasteiger partial charge is 0.0652 e. The molecule has 0 aliphatic heterocycles. The summed E-state index contributed by atoms with van der Waals surface area (Å²) in [5.74, 6) is 0. The second-order valence-electron chi connectivity index (χ2n) is 11.1. The second kappa shape index (κ2) is 11.0. The Kier molecular flexibility index (Phi) is 6.59. The minimum atomic E-state index is 0.715. The average molecular weight is 582 g/mol. The van der Waals surface area contributed by atoms with Crippen molar-refractivity contribution >= 4 is 33.4 Å². The monoisotopic (exact) mass is 581 g/mol. The van der Waals surface area contributed by atoms with Crippen LogP contribution in [0.2, 0.25) is 5.02 Å². The van der Waals surface area contributed by atoms with Crippen LogP contribution in [-0.2, 0) is 0 Å². The van der Waals surface area contributed by atoms with Crippen molar-refractivity contribution in [2.24, 2.45) is 0 Å². The number of hydrogen-bond acceptors (Lipinski definition) is 0. The van der Waals surface area contributed by atoms with Crippen molar-refractivity contribution in [3.05, 3.63) is 175 Å². The lowest BCUT2D eigenvalue weighted by molar-refractivity contribution is 1.18. The van der Waals surface area contributed by atoms with Crippen molar-refractivity contribution in [3.8, 4) is 50.2 Å². The van der Waals surface area contributed by atoms with Gasteiger partial charge in [0.05, 0.1) is 21.7 Å². The number of hydrogen-bond donors (Lipinski definition) is 0. The molecule has 0 amide bonds.